The van der Waals surface area contributed by atoms with Crippen molar-refractivity contribution in [1.29, 1.82) is 0 Å². The smallest absolute Gasteiger partial charge is 0.126 e. The monoisotopic (exact) mass is 182 g/mol. The van der Waals surface area contributed by atoms with Crippen molar-refractivity contribution in [2.24, 2.45) is 0 Å². The Kier molecular flexibility index (Phi) is 2.44. The first-order valence-electron chi connectivity index (χ1n) is 4.01. The maximum Gasteiger partial charge on any atom is 0.126 e. The zero-order valence-electron chi connectivity index (χ0n) is 7.76. The highest BCUT2D eigenvalue weighted by molar-refractivity contribution is 7.27. The molecule has 0 aliphatic rings. The lowest BCUT2D eigenvalue weighted by molar-refractivity contribution is 0.451. The molecule has 0 spiro atoms. The van der Waals surface area contributed by atoms with Gasteiger partial charge in [-0.05, 0) is 11.0 Å². The number of hydrogen-bond acceptors (Lipinski definition) is 1. The third-order valence-electron chi connectivity index (χ3n) is 1.88. The predicted octanol–water partition coefficient (Wildman–Crippen LogP) is 2.19. The van der Waals surface area contributed by atoms with Gasteiger partial charge in [-0.3, -0.25) is 0 Å². The summed E-state index contributed by atoms with van der Waals surface area (Å²) in [6, 6.07) is 5.81. The van der Waals surface area contributed by atoms with Gasteiger partial charge >= 0.3 is 0 Å². The molecule has 1 nitrogen and oxygen atoms in total. The molecule has 0 saturated heterocycles. The minimum Gasteiger partial charge on any atom is -0.507 e. The largest absolute Gasteiger partial charge is 0.507 e. The van der Waals surface area contributed by atoms with Gasteiger partial charge in [-0.25, -0.2) is 0 Å². The molecule has 0 fully saturated rings. The van der Waals surface area contributed by atoms with E-state index in [1.807, 2.05) is 18.2 Å². The lowest BCUT2D eigenvalue weighted by Gasteiger charge is -2.20. The van der Waals surface area contributed by atoms with E-state index in [1.165, 1.54) is 0 Å². The van der Waals surface area contributed by atoms with E-state index in [9.17, 15) is 5.11 Å². The summed E-state index contributed by atoms with van der Waals surface area (Å²) in [5, 5.41) is 10.6. The number of para-hydroxylation sites is 1. The molecule has 0 aliphatic heterocycles. The summed E-state index contributed by atoms with van der Waals surface area (Å²) in [6.45, 7) is 6.27. The van der Waals surface area contributed by atoms with E-state index in [-0.39, 0.29) is 5.41 Å². The summed E-state index contributed by atoms with van der Waals surface area (Å²) in [6.07, 6.45) is 0. The molecule has 1 unspecified atom stereocenters. The second-order valence-electron chi connectivity index (χ2n) is 3.99. The van der Waals surface area contributed by atoms with Gasteiger partial charge in [0.25, 0.3) is 0 Å². The molecule has 1 aromatic rings. The van der Waals surface area contributed by atoms with Crippen LogP contribution in [0.1, 0.15) is 26.3 Å². The lowest BCUT2D eigenvalue weighted by atomic mass is 9.86. The van der Waals surface area contributed by atoms with E-state index in [2.05, 4.69) is 30.0 Å². The van der Waals surface area contributed by atoms with Gasteiger partial charge in [0.05, 0.1) is 0 Å². The summed E-state index contributed by atoms with van der Waals surface area (Å²) in [7, 11) is 2.53. The SMILES string of the molecule is CC(C)(C)c1cccc(P)c1O. The van der Waals surface area contributed by atoms with Crippen LogP contribution in [0.5, 0.6) is 5.75 Å². The zero-order chi connectivity index (χ0) is 9.35. The van der Waals surface area contributed by atoms with Crippen molar-refractivity contribution >= 4 is 14.5 Å². The van der Waals surface area contributed by atoms with Crippen molar-refractivity contribution in [3.63, 3.8) is 0 Å². The molecule has 2 heteroatoms. The molecule has 66 valence electrons. The fraction of sp³-hybridized carbons (Fsp3) is 0.400. The molecular formula is C10H15OP. The predicted molar refractivity (Wildman–Crippen MR) is 56.2 cm³/mol. The van der Waals surface area contributed by atoms with Crippen molar-refractivity contribution in [3.8, 4) is 5.75 Å². The van der Waals surface area contributed by atoms with Crippen LogP contribution in [0.3, 0.4) is 0 Å². The van der Waals surface area contributed by atoms with Crippen molar-refractivity contribution in [2.75, 3.05) is 0 Å². The molecular weight excluding hydrogens is 167 g/mol. The van der Waals surface area contributed by atoms with Gasteiger partial charge in [-0.1, -0.05) is 39.0 Å². The van der Waals surface area contributed by atoms with Crippen LogP contribution in [0.4, 0.5) is 0 Å². The molecule has 0 radical (unpaired) electrons. The maximum absolute atomic E-state index is 9.71. The van der Waals surface area contributed by atoms with Crippen molar-refractivity contribution in [2.45, 2.75) is 26.2 Å². The number of benzene rings is 1. The summed E-state index contributed by atoms with van der Waals surface area (Å²) >= 11 is 0. The molecule has 0 saturated carbocycles. The molecule has 12 heavy (non-hydrogen) atoms. The molecule has 0 heterocycles. The minimum atomic E-state index is 0.0106. The quantitative estimate of drug-likeness (QED) is 0.610. The summed E-state index contributed by atoms with van der Waals surface area (Å²) in [5.41, 5.74) is 1.01. The molecule has 1 atom stereocenters. The van der Waals surface area contributed by atoms with Crippen molar-refractivity contribution < 1.29 is 5.11 Å². The first kappa shape index (κ1) is 9.54. The van der Waals surface area contributed by atoms with Gasteiger partial charge in [0.15, 0.2) is 0 Å². The Morgan fingerprint density at radius 3 is 2.25 bits per heavy atom. The Balaban J connectivity index is 3.26. The summed E-state index contributed by atoms with van der Waals surface area (Å²) in [5.74, 6) is 0.398. The van der Waals surface area contributed by atoms with Crippen LogP contribution in [0, 0.1) is 0 Å². The van der Waals surface area contributed by atoms with E-state index in [0.29, 0.717) is 5.75 Å². The molecule has 0 bridgehead atoms. The topological polar surface area (TPSA) is 20.2 Å². The Morgan fingerprint density at radius 2 is 1.83 bits per heavy atom. The van der Waals surface area contributed by atoms with Crippen LogP contribution >= 0.6 is 9.24 Å². The molecule has 0 amide bonds. The Morgan fingerprint density at radius 1 is 1.25 bits per heavy atom. The van der Waals surface area contributed by atoms with E-state index in [1.54, 1.807) is 0 Å². The van der Waals surface area contributed by atoms with Gasteiger partial charge in [-0.2, -0.15) is 0 Å². The molecule has 1 rings (SSSR count). The highest BCUT2D eigenvalue weighted by atomic mass is 31.0. The van der Waals surface area contributed by atoms with Gasteiger partial charge in [-0.15, -0.1) is 9.24 Å². The third-order valence-corrected chi connectivity index (χ3v) is 2.34. The second kappa shape index (κ2) is 3.06. The Labute approximate surface area is 76.0 Å². The highest BCUT2D eigenvalue weighted by Gasteiger charge is 2.18. The van der Waals surface area contributed by atoms with Crippen molar-refractivity contribution in [3.05, 3.63) is 23.8 Å². The van der Waals surface area contributed by atoms with Crippen LogP contribution in [0.25, 0.3) is 0 Å². The van der Waals surface area contributed by atoms with Crippen LogP contribution in [-0.4, -0.2) is 5.11 Å². The van der Waals surface area contributed by atoms with Crippen molar-refractivity contribution in [1.82, 2.24) is 0 Å². The molecule has 0 aromatic heterocycles. The number of phenolic OH excluding ortho intramolecular Hbond substituents is 1. The first-order chi connectivity index (χ1) is 5.43. The van der Waals surface area contributed by atoms with Crippen LogP contribution in [0.2, 0.25) is 0 Å². The number of aromatic hydroxyl groups is 1. The summed E-state index contributed by atoms with van der Waals surface area (Å²) in [4.78, 5) is 0. The molecule has 1 aromatic carbocycles. The lowest BCUT2D eigenvalue weighted by Crippen LogP contribution is -2.13. The number of hydrogen-bond donors (Lipinski definition) is 1. The number of phenols is 1. The fourth-order valence-electron chi connectivity index (χ4n) is 1.17. The van der Waals surface area contributed by atoms with Crippen LogP contribution < -0.4 is 5.30 Å². The molecule has 0 aliphatic carbocycles. The minimum absolute atomic E-state index is 0.0106. The van der Waals surface area contributed by atoms with Gasteiger partial charge in [0.1, 0.15) is 5.75 Å². The average Bonchev–Trinajstić information content (AvgIpc) is 1.92. The Bertz CT molecular complexity index is 286. The summed E-state index contributed by atoms with van der Waals surface area (Å²) < 4.78 is 0. The van der Waals surface area contributed by atoms with E-state index >= 15 is 0 Å². The zero-order valence-corrected chi connectivity index (χ0v) is 8.91. The average molecular weight is 182 g/mol. The van der Waals surface area contributed by atoms with Crippen LogP contribution in [-0.2, 0) is 5.41 Å². The fourth-order valence-corrected chi connectivity index (χ4v) is 1.43. The third kappa shape index (κ3) is 1.78. The number of rotatable bonds is 0. The van der Waals surface area contributed by atoms with Gasteiger partial charge < -0.3 is 5.11 Å². The second-order valence-corrected chi connectivity index (χ2v) is 4.62. The van der Waals surface area contributed by atoms with E-state index < -0.39 is 0 Å². The highest BCUT2D eigenvalue weighted by Crippen LogP contribution is 2.29. The van der Waals surface area contributed by atoms with Gasteiger partial charge in [0, 0.05) is 5.30 Å². The van der Waals surface area contributed by atoms with Gasteiger partial charge in [0.2, 0.25) is 0 Å². The van der Waals surface area contributed by atoms with E-state index in [0.717, 1.165) is 10.9 Å². The Hall–Kier alpha value is -0.550. The first-order valence-corrected chi connectivity index (χ1v) is 4.58. The van der Waals surface area contributed by atoms with E-state index in [4.69, 9.17) is 0 Å². The van der Waals surface area contributed by atoms with Crippen LogP contribution in [0.15, 0.2) is 18.2 Å². The molecule has 1 N–H and O–H groups in total. The normalized spacial score (nSPS) is 11.7. The standard InChI is InChI=1S/C10H15OP/c1-10(2,3)7-5-4-6-8(12)9(7)11/h4-6,11H,12H2,1-3H3. The maximum atomic E-state index is 9.71.